The minimum atomic E-state index is 0.385. The van der Waals surface area contributed by atoms with Crippen molar-refractivity contribution in [1.29, 1.82) is 0 Å². The molecule has 0 bridgehead atoms. The molecule has 0 unspecified atom stereocenters. The number of hydrogen-bond donors (Lipinski definition) is 1. The summed E-state index contributed by atoms with van der Waals surface area (Å²) in [7, 11) is 1.65. The molecular formula is C14H21NO3. The Morgan fingerprint density at radius 3 is 2.89 bits per heavy atom. The number of hydrogen-bond acceptors (Lipinski definition) is 4. The third-order valence-corrected chi connectivity index (χ3v) is 3.00. The number of benzene rings is 1. The van der Waals surface area contributed by atoms with Crippen LogP contribution in [0.25, 0.3) is 0 Å². The molecule has 100 valence electrons. The first-order valence-electron chi connectivity index (χ1n) is 6.48. The monoisotopic (exact) mass is 251 g/mol. The molecule has 1 fully saturated rings. The van der Waals surface area contributed by atoms with Crippen LogP contribution in [-0.2, 0) is 4.74 Å². The first kappa shape index (κ1) is 13.2. The molecule has 4 heteroatoms. The van der Waals surface area contributed by atoms with Gasteiger partial charge in [-0.3, -0.25) is 0 Å². The van der Waals surface area contributed by atoms with E-state index in [1.54, 1.807) is 7.11 Å². The van der Waals surface area contributed by atoms with Gasteiger partial charge in [-0.05, 0) is 25.0 Å². The Bertz CT molecular complexity index is 351. The molecule has 4 nitrogen and oxygen atoms in total. The Balaban J connectivity index is 1.62. The summed E-state index contributed by atoms with van der Waals surface area (Å²) in [5.74, 6) is 1.57. The van der Waals surface area contributed by atoms with Crippen molar-refractivity contribution >= 4 is 0 Å². The predicted octanol–water partition coefficient (Wildman–Crippen LogP) is 1.84. The maximum absolute atomic E-state index is 5.66. The fourth-order valence-corrected chi connectivity index (χ4v) is 2.04. The molecule has 0 aliphatic carbocycles. The second-order valence-corrected chi connectivity index (χ2v) is 4.34. The van der Waals surface area contributed by atoms with Crippen LogP contribution in [0.4, 0.5) is 0 Å². The van der Waals surface area contributed by atoms with Gasteiger partial charge in [0.25, 0.3) is 0 Å². The van der Waals surface area contributed by atoms with E-state index in [2.05, 4.69) is 5.32 Å². The van der Waals surface area contributed by atoms with Gasteiger partial charge in [-0.15, -0.1) is 0 Å². The van der Waals surface area contributed by atoms with Gasteiger partial charge >= 0.3 is 0 Å². The van der Waals surface area contributed by atoms with Crippen molar-refractivity contribution in [1.82, 2.24) is 5.32 Å². The van der Waals surface area contributed by atoms with Crippen molar-refractivity contribution in [2.45, 2.75) is 18.9 Å². The molecule has 2 rings (SSSR count). The number of rotatable bonds is 7. The van der Waals surface area contributed by atoms with Gasteiger partial charge in [0.1, 0.15) is 6.61 Å². The largest absolute Gasteiger partial charge is 0.493 e. The lowest BCUT2D eigenvalue weighted by atomic mass is 10.2. The van der Waals surface area contributed by atoms with Crippen LogP contribution in [0.5, 0.6) is 11.5 Å². The third-order valence-electron chi connectivity index (χ3n) is 3.00. The molecule has 1 aliphatic rings. The minimum absolute atomic E-state index is 0.385. The van der Waals surface area contributed by atoms with Crippen molar-refractivity contribution in [2.75, 3.05) is 33.4 Å². The summed E-state index contributed by atoms with van der Waals surface area (Å²) in [5.41, 5.74) is 0. The highest BCUT2D eigenvalue weighted by Crippen LogP contribution is 2.25. The SMILES string of the molecule is COc1ccccc1OCCNC[C@@H]1CCCO1. The van der Waals surface area contributed by atoms with E-state index in [-0.39, 0.29) is 0 Å². The van der Waals surface area contributed by atoms with Crippen LogP contribution in [0, 0.1) is 0 Å². The lowest BCUT2D eigenvalue weighted by Crippen LogP contribution is -2.29. The summed E-state index contributed by atoms with van der Waals surface area (Å²) >= 11 is 0. The average molecular weight is 251 g/mol. The number of para-hydroxylation sites is 2. The van der Waals surface area contributed by atoms with Gasteiger partial charge in [0, 0.05) is 19.7 Å². The van der Waals surface area contributed by atoms with E-state index in [1.807, 2.05) is 24.3 Å². The highest BCUT2D eigenvalue weighted by molar-refractivity contribution is 5.39. The second-order valence-electron chi connectivity index (χ2n) is 4.34. The highest BCUT2D eigenvalue weighted by atomic mass is 16.5. The maximum Gasteiger partial charge on any atom is 0.161 e. The Morgan fingerprint density at radius 2 is 2.17 bits per heavy atom. The Labute approximate surface area is 108 Å². The summed E-state index contributed by atoms with van der Waals surface area (Å²) in [5, 5.41) is 3.34. The van der Waals surface area contributed by atoms with Gasteiger partial charge in [-0.1, -0.05) is 12.1 Å². The molecular weight excluding hydrogens is 230 g/mol. The summed E-state index contributed by atoms with van der Waals surface area (Å²) in [6.07, 6.45) is 2.74. The average Bonchev–Trinajstić information content (AvgIpc) is 2.92. The lowest BCUT2D eigenvalue weighted by Gasteiger charge is -2.12. The second kappa shape index (κ2) is 7.24. The fourth-order valence-electron chi connectivity index (χ4n) is 2.04. The third kappa shape index (κ3) is 3.89. The van der Waals surface area contributed by atoms with Crippen LogP contribution in [0.2, 0.25) is 0 Å². The zero-order valence-electron chi connectivity index (χ0n) is 10.9. The van der Waals surface area contributed by atoms with Crippen LogP contribution < -0.4 is 14.8 Å². The maximum atomic E-state index is 5.66. The van der Waals surface area contributed by atoms with E-state index in [1.165, 1.54) is 12.8 Å². The van der Waals surface area contributed by atoms with Crippen molar-refractivity contribution < 1.29 is 14.2 Å². The minimum Gasteiger partial charge on any atom is -0.493 e. The van der Waals surface area contributed by atoms with E-state index in [0.717, 1.165) is 31.2 Å². The van der Waals surface area contributed by atoms with Crippen molar-refractivity contribution in [3.05, 3.63) is 24.3 Å². The molecule has 0 saturated carbocycles. The molecule has 1 aromatic carbocycles. The van der Waals surface area contributed by atoms with E-state index in [4.69, 9.17) is 14.2 Å². The van der Waals surface area contributed by atoms with Crippen molar-refractivity contribution in [3.63, 3.8) is 0 Å². The quantitative estimate of drug-likeness (QED) is 0.751. The Hall–Kier alpha value is -1.26. The molecule has 1 atom stereocenters. The summed E-state index contributed by atoms with van der Waals surface area (Å²) in [6.45, 7) is 3.27. The van der Waals surface area contributed by atoms with Crippen LogP contribution >= 0.6 is 0 Å². The first-order valence-corrected chi connectivity index (χ1v) is 6.48. The normalized spacial score (nSPS) is 18.8. The summed E-state index contributed by atoms with van der Waals surface area (Å²) < 4.78 is 16.4. The van der Waals surface area contributed by atoms with Gasteiger partial charge in [0.2, 0.25) is 0 Å². The fraction of sp³-hybridized carbons (Fsp3) is 0.571. The molecule has 0 radical (unpaired) electrons. The highest BCUT2D eigenvalue weighted by Gasteiger charge is 2.14. The summed E-state index contributed by atoms with van der Waals surface area (Å²) in [6, 6.07) is 7.69. The van der Waals surface area contributed by atoms with E-state index in [0.29, 0.717) is 12.7 Å². The first-order chi connectivity index (χ1) is 8.90. The molecule has 1 N–H and O–H groups in total. The Morgan fingerprint density at radius 1 is 1.33 bits per heavy atom. The molecule has 1 heterocycles. The molecule has 18 heavy (non-hydrogen) atoms. The van der Waals surface area contributed by atoms with Crippen molar-refractivity contribution in [3.8, 4) is 11.5 Å². The molecule has 1 aliphatic heterocycles. The van der Waals surface area contributed by atoms with E-state index < -0.39 is 0 Å². The van der Waals surface area contributed by atoms with E-state index in [9.17, 15) is 0 Å². The van der Waals surface area contributed by atoms with Gasteiger partial charge in [0.05, 0.1) is 13.2 Å². The van der Waals surface area contributed by atoms with Gasteiger partial charge in [0.15, 0.2) is 11.5 Å². The molecule has 0 amide bonds. The smallest absolute Gasteiger partial charge is 0.161 e. The zero-order valence-corrected chi connectivity index (χ0v) is 10.9. The lowest BCUT2D eigenvalue weighted by molar-refractivity contribution is 0.109. The topological polar surface area (TPSA) is 39.7 Å². The van der Waals surface area contributed by atoms with Crippen LogP contribution in [0.1, 0.15) is 12.8 Å². The standard InChI is InChI=1S/C14H21NO3/c1-16-13-6-2-3-7-14(13)18-10-8-15-11-12-5-4-9-17-12/h2-3,6-7,12,15H,4-5,8-11H2,1H3/t12-/m0/s1. The zero-order chi connectivity index (χ0) is 12.6. The van der Waals surface area contributed by atoms with Gasteiger partial charge in [-0.2, -0.15) is 0 Å². The van der Waals surface area contributed by atoms with Gasteiger partial charge < -0.3 is 19.5 Å². The van der Waals surface area contributed by atoms with Crippen LogP contribution in [0.15, 0.2) is 24.3 Å². The predicted molar refractivity (Wildman–Crippen MR) is 70.3 cm³/mol. The van der Waals surface area contributed by atoms with Crippen LogP contribution in [0.3, 0.4) is 0 Å². The molecule has 1 aromatic rings. The van der Waals surface area contributed by atoms with E-state index >= 15 is 0 Å². The summed E-state index contributed by atoms with van der Waals surface area (Å²) in [4.78, 5) is 0. The van der Waals surface area contributed by atoms with Crippen molar-refractivity contribution in [2.24, 2.45) is 0 Å². The molecule has 1 saturated heterocycles. The number of nitrogens with one attached hydrogen (secondary N) is 1. The van der Waals surface area contributed by atoms with Gasteiger partial charge in [-0.25, -0.2) is 0 Å². The molecule has 0 aromatic heterocycles. The van der Waals surface area contributed by atoms with Crippen LogP contribution in [-0.4, -0.2) is 39.5 Å². The Kier molecular flexibility index (Phi) is 5.30. The number of methoxy groups -OCH3 is 1. The molecule has 0 spiro atoms. The number of ether oxygens (including phenoxy) is 3.